The van der Waals surface area contributed by atoms with Crippen LogP contribution >= 0.6 is 24.0 Å². The molecule has 0 amide bonds. The molecule has 1 N–H and O–H groups in total. The van der Waals surface area contributed by atoms with Crippen LogP contribution in [0, 0.1) is 0 Å². The molecule has 4 heteroatoms. The number of hydrogen-bond donors (Lipinski definition) is 1. The Balaban J connectivity index is 2.27. The molecule has 0 atom stereocenters. The average Bonchev–Trinajstić information content (AvgIpc) is 2.07. The second-order valence-electron chi connectivity index (χ2n) is 2.44. The van der Waals surface area contributed by atoms with Crippen molar-refractivity contribution in [1.82, 2.24) is 10.2 Å². The third-order valence-corrected chi connectivity index (χ3v) is 3.05. The molecule has 0 aromatic rings. The van der Waals surface area contributed by atoms with Gasteiger partial charge in [-0.25, -0.2) is 0 Å². The van der Waals surface area contributed by atoms with Crippen LogP contribution in [0.3, 0.4) is 0 Å². The monoisotopic (exact) mass is 190 g/mol. The van der Waals surface area contributed by atoms with Crippen LogP contribution < -0.4 is 5.32 Å². The third kappa shape index (κ3) is 2.97. The number of piperazine rings is 1. The summed E-state index contributed by atoms with van der Waals surface area (Å²) < 4.78 is 1.06. The summed E-state index contributed by atoms with van der Waals surface area (Å²) in [7, 11) is 0. The summed E-state index contributed by atoms with van der Waals surface area (Å²) in [6, 6.07) is 0. The molecule has 0 aromatic carbocycles. The van der Waals surface area contributed by atoms with Crippen LogP contribution in [0.25, 0.3) is 0 Å². The van der Waals surface area contributed by atoms with Crippen molar-refractivity contribution in [3.63, 3.8) is 0 Å². The van der Waals surface area contributed by atoms with Crippen LogP contribution in [-0.4, -0.2) is 41.2 Å². The molecule has 0 aliphatic carbocycles. The van der Waals surface area contributed by atoms with Crippen LogP contribution in [0.5, 0.6) is 0 Å². The molecule has 1 fully saturated rings. The first-order chi connectivity index (χ1) is 5.34. The van der Waals surface area contributed by atoms with Crippen LogP contribution in [0.4, 0.5) is 0 Å². The van der Waals surface area contributed by atoms with Gasteiger partial charge in [-0.05, 0) is 5.75 Å². The number of nitrogens with zero attached hydrogens (tertiary/aromatic N) is 1. The summed E-state index contributed by atoms with van der Waals surface area (Å²) >= 11 is 7.00. The van der Waals surface area contributed by atoms with Crippen LogP contribution in [0.1, 0.15) is 6.92 Å². The smallest absolute Gasteiger partial charge is 0.136 e. The van der Waals surface area contributed by atoms with Crippen LogP contribution in [0.2, 0.25) is 0 Å². The first-order valence-corrected chi connectivity index (χ1v) is 5.36. The van der Waals surface area contributed by atoms with Crippen molar-refractivity contribution in [2.45, 2.75) is 6.92 Å². The van der Waals surface area contributed by atoms with Gasteiger partial charge in [-0.2, -0.15) is 0 Å². The lowest BCUT2D eigenvalue weighted by Gasteiger charge is -2.28. The van der Waals surface area contributed by atoms with E-state index in [2.05, 4.69) is 17.1 Å². The highest BCUT2D eigenvalue weighted by atomic mass is 32.2. The normalized spacial score (nSPS) is 18.5. The van der Waals surface area contributed by atoms with Crippen molar-refractivity contribution < 1.29 is 0 Å². The van der Waals surface area contributed by atoms with Gasteiger partial charge < -0.3 is 10.2 Å². The van der Waals surface area contributed by atoms with E-state index in [0.717, 1.165) is 36.3 Å². The zero-order valence-corrected chi connectivity index (χ0v) is 8.43. The Morgan fingerprint density at radius 2 is 2.18 bits per heavy atom. The molecule has 0 unspecified atom stereocenters. The minimum Gasteiger partial charge on any atom is -0.355 e. The molecular weight excluding hydrogens is 176 g/mol. The van der Waals surface area contributed by atoms with Gasteiger partial charge >= 0.3 is 0 Å². The van der Waals surface area contributed by atoms with E-state index in [-0.39, 0.29) is 0 Å². The zero-order chi connectivity index (χ0) is 8.10. The Kier molecular flexibility index (Phi) is 4.18. The minimum absolute atomic E-state index is 1.06. The van der Waals surface area contributed by atoms with E-state index in [0.29, 0.717) is 0 Å². The highest BCUT2D eigenvalue weighted by Gasteiger charge is 2.11. The molecule has 1 saturated heterocycles. The lowest BCUT2D eigenvalue weighted by molar-refractivity contribution is 0.368. The maximum atomic E-state index is 5.23. The fourth-order valence-corrected chi connectivity index (χ4v) is 2.21. The summed E-state index contributed by atoms with van der Waals surface area (Å²) in [5.74, 6) is 1.09. The van der Waals surface area contributed by atoms with Crippen molar-refractivity contribution in [3.05, 3.63) is 0 Å². The maximum Gasteiger partial charge on any atom is 0.136 e. The van der Waals surface area contributed by atoms with Crippen molar-refractivity contribution in [3.8, 4) is 0 Å². The van der Waals surface area contributed by atoms with Gasteiger partial charge in [0.05, 0.1) is 0 Å². The van der Waals surface area contributed by atoms with E-state index in [4.69, 9.17) is 12.2 Å². The molecule has 0 aromatic heterocycles. The average molecular weight is 190 g/mol. The summed E-state index contributed by atoms with van der Waals surface area (Å²) in [6.07, 6.45) is 0. The van der Waals surface area contributed by atoms with Gasteiger partial charge in [-0.15, -0.1) is 0 Å². The fourth-order valence-electron chi connectivity index (χ4n) is 1.06. The van der Waals surface area contributed by atoms with Gasteiger partial charge in [0.1, 0.15) is 4.32 Å². The summed E-state index contributed by atoms with van der Waals surface area (Å²) in [6.45, 7) is 6.44. The highest BCUT2D eigenvalue weighted by Crippen LogP contribution is 2.08. The van der Waals surface area contributed by atoms with Crippen molar-refractivity contribution >= 4 is 28.3 Å². The molecule has 1 rings (SSSR count). The first-order valence-electron chi connectivity index (χ1n) is 3.97. The van der Waals surface area contributed by atoms with Gasteiger partial charge in [0.2, 0.25) is 0 Å². The molecule has 11 heavy (non-hydrogen) atoms. The largest absolute Gasteiger partial charge is 0.355 e. The molecule has 1 heterocycles. The van der Waals surface area contributed by atoms with Crippen LogP contribution in [0.15, 0.2) is 0 Å². The van der Waals surface area contributed by atoms with E-state index in [1.807, 2.05) is 0 Å². The van der Waals surface area contributed by atoms with Gasteiger partial charge in [0.15, 0.2) is 0 Å². The zero-order valence-electron chi connectivity index (χ0n) is 6.80. The van der Waals surface area contributed by atoms with Crippen molar-refractivity contribution in [2.75, 3.05) is 31.9 Å². The molecule has 64 valence electrons. The SMILES string of the molecule is CCSC(=S)N1CCNCC1. The number of thioether (sulfide) groups is 1. The first kappa shape index (κ1) is 9.29. The Morgan fingerprint density at radius 3 is 2.73 bits per heavy atom. The topological polar surface area (TPSA) is 15.3 Å². The third-order valence-electron chi connectivity index (χ3n) is 1.64. The Labute approximate surface area is 77.7 Å². The van der Waals surface area contributed by atoms with Gasteiger partial charge in [0, 0.05) is 26.2 Å². The Bertz CT molecular complexity index is 132. The minimum atomic E-state index is 1.06. The predicted molar refractivity (Wildman–Crippen MR) is 55.2 cm³/mol. The van der Waals surface area contributed by atoms with Crippen molar-refractivity contribution in [1.29, 1.82) is 0 Å². The quantitative estimate of drug-likeness (QED) is 0.618. The van der Waals surface area contributed by atoms with Crippen molar-refractivity contribution in [2.24, 2.45) is 0 Å². The molecular formula is C7H14N2S2. The standard InChI is InChI=1S/C7H14N2S2/c1-2-11-7(10)9-5-3-8-4-6-9/h8H,2-6H2,1H3. The van der Waals surface area contributed by atoms with E-state index in [1.165, 1.54) is 0 Å². The molecule has 0 spiro atoms. The lowest BCUT2D eigenvalue weighted by atomic mass is 10.4. The summed E-state index contributed by atoms with van der Waals surface area (Å²) in [4.78, 5) is 2.28. The Morgan fingerprint density at radius 1 is 1.55 bits per heavy atom. The molecule has 1 aliphatic rings. The second-order valence-corrected chi connectivity index (χ2v) is 4.33. The molecule has 0 radical (unpaired) electrons. The van der Waals surface area contributed by atoms with E-state index in [1.54, 1.807) is 11.8 Å². The van der Waals surface area contributed by atoms with E-state index in [9.17, 15) is 0 Å². The second kappa shape index (κ2) is 4.95. The maximum absolute atomic E-state index is 5.23. The number of hydrogen-bond acceptors (Lipinski definition) is 3. The van der Waals surface area contributed by atoms with Gasteiger partial charge in [-0.1, -0.05) is 30.9 Å². The van der Waals surface area contributed by atoms with Crippen LogP contribution in [-0.2, 0) is 0 Å². The predicted octanol–water partition coefficient (Wildman–Crippen LogP) is 0.930. The fraction of sp³-hybridized carbons (Fsp3) is 0.857. The van der Waals surface area contributed by atoms with Gasteiger partial charge in [-0.3, -0.25) is 0 Å². The molecule has 1 aliphatic heterocycles. The summed E-state index contributed by atoms with van der Waals surface area (Å²) in [5.41, 5.74) is 0. The highest BCUT2D eigenvalue weighted by molar-refractivity contribution is 8.22. The van der Waals surface area contributed by atoms with Gasteiger partial charge in [0.25, 0.3) is 0 Å². The lowest BCUT2D eigenvalue weighted by Crippen LogP contribution is -2.44. The number of thiocarbonyl (C=S) groups is 1. The molecule has 0 saturated carbocycles. The molecule has 0 bridgehead atoms. The van der Waals surface area contributed by atoms with E-state index >= 15 is 0 Å². The molecule has 2 nitrogen and oxygen atoms in total. The Hall–Kier alpha value is 0.200. The number of rotatable bonds is 1. The van der Waals surface area contributed by atoms with E-state index < -0.39 is 0 Å². The summed E-state index contributed by atoms with van der Waals surface area (Å²) in [5, 5.41) is 3.30. The number of nitrogens with one attached hydrogen (secondary N) is 1.